The molecule has 21 heavy (non-hydrogen) atoms. The molecule has 1 saturated carbocycles. The van der Waals surface area contributed by atoms with Crippen molar-refractivity contribution < 1.29 is 8.42 Å². The Morgan fingerprint density at radius 3 is 2.33 bits per heavy atom. The van der Waals surface area contributed by atoms with Gasteiger partial charge in [-0.15, -0.1) is 0 Å². The molecule has 2 aliphatic rings. The Kier molecular flexibility index (Phi) is 6.05. The minimum absolute atomic E-state index is 0.468. The van der Waals surface area contributed by atoms with Gasteiger partial charge in [0, 0.05) is 26.7 Å². The Morgan fingerprint density at radius 1 is 1.14 bits per heavy atom. The molecule has 0 bridgehead atoms. The molecule has 2 fully saturated rings. The number of rotatable bonds is 7. The summed E-state index contributed by atoms with van der Waals surface area (Å²) >= 11 is 0. The van der Waals surface area contributed by atoms with E-state index in [9.17, 15) is 8.42 Å². The Hall–Kier alpha value is -0.170. The van der Waals surface area contributed by atoms with Crippen molar-refractivity contribution in [3.05, 3.63) is 0 Å². The van der Waals surface area contributed by atoms with E-state index in [1.807, 2.05) is 0 Å². The van der Waals surface area contributed by atoms with Crippen LogP contribution in [0.4, 0.5) is 0 Å². The molecule has 0 atom stereocenters. The first kappa shape index (κ1) is 17.2. The fourth-order valence-electron chi connectivity index (χ4n) is 3.73. The van der Waals surface area contributed by atoms with Gasteiger partial charge in [-0.25, -0.2) is 0 Å². The third-order valence-corrected chi connectivity index (χ3v) is 7.23. The van der Waals surface area contributed by atoms with Gasteiger partial charge in [0.2, 0.25) is 0 Å². The third kappa shape index (κ3) is 4.18. The van der Waals surface area contributed by atoms with Crippen LogP contribution in [0.1, 0.15) is 51.9 Å². The Morgan fingerprint density at radius 2 is 1.76 bits per heavy atom. The minimum atomic E-state index is -3.26. The molecule has 1 heterocycles. The number of nitrogens with one attached hydrogen (secondary N) is 1. The first-order chi connectivity index (χ1) is 10.0. The lowest BCUT2D eigenvalue weighted by Crippen LogP contribution is -2.48. The maximum absolute atomic E-state index is 12.6. The van der Waals surface area contributed by atoms with Crippen LogP contribution in [0, 0.1) is 5.41 Å². The number of hydrogen-bond acceptors (Lipinski definition) is 3. The average Bonchev–Trinajstić information content (AvgIpc) is 2.92. The lowest BCUT2D eigenvalue weighted by Gasteiger charge is -2.39. The van der Waals surface area contributed by atoms with E-state index >= 15 is 0 Å². The van der Waals surface area contributed by atoms with Crippen LogP contribution >= 0.6 is 0 Å². The van der Waals surface area contributed by atoms with Crippen LogP contribution in [0.2, 0.25) is 0 Å². The molecule has 0 aromatic heterocycles. The second-order valence-electron chi connectivity index (χ2n) is 6.64. The van der Waals surface area contributed by atoms with Gasteiger partial charge < -0.3 is 5.32 Å². The molecule has 0 unspecified atom stereocenters. The fourth-order valence-corrected chi connectivity index (χ4v) is 5.13. The van der Waals surface area contributed by atoms with Gasteiger partial charge in [0.25, 0.3) is 10.2 Å². The average molecular weight is 317 g/mol. The fraction of sp³-hybridized carbons (Fsp3) is 1.00. The Bertz CT molecular complexity index is 409. The van der Waals surface area contributed by atoms with E-state index in [0.717, 1.165) is 32.4 Å². The lowest BCUT2D eigenvalue weighted by molar-refractivity contribution is 0.155. The second-order valence-corrected chi connectivity index (χ2v) is 8.68. The largest absolute Gasteiger partial charge is 0.317 e. The second kappa shape index (κ2) is 7.40. The molecule has 0 amide bonds. The highest BCUT2D eigenvalue weighted by Gasteiger charge is 2.40. The maximum Gasteiger partial charge on any atom is 0.281 e. The van der Waals surface area contributed by atoms with Crippen molar-refractivity contribution in [2.75, 3.05) is 39.8 Å². The topological polar surface area (TPSA) is 52.7 Å². The summed E-state index contributed by atoms with van der Waals surface area (Å²) in [4.78, 5) is 0. The molecular weight excluding hydrogens is 286 g/mol. The third-order valence-electron chi connectivity index (χ3n) is 5.24. The van der Waals surface area contributed by atoms with Crippen molar-refractivity contribution in [1.82, 2.24) is 13.9 Å². The standard InChI is InChI=1S/C15H31N3O2S/c1-3-16-11-6-12-17(2)21(19,20)18-13-9-15(10-14-18)7-4-5-8-15/h16H,3-14H2,1-2H3. The van der Waals surface area contributed by atoms with Gasteiger partial charge in [-0.05, 0) is 50.6 Å². The van der Waals surface area contributed by atoms with Crippen LogP contribution in [-0.4, -0.2) is 56.8 Å². The summed E-state index contributed by atoms with van der Waals surface area (Å²) in [5.41, 5.74) is 0.468. The predicted octanol–water partition coefficient (Wildman–Crippen LogP) is 1.82. The molecule has 1 N–H and O–H groups in total. The monoisotopic (exact) mass is 317 g/mol. The molecule has 0 aromatic carbocycles. The van der Waals surface area contributed by atoms with Gasteiger partial charge in [-0.3, -0.25) is 0 Å². The summed E-state index contributed by atoms with van der Waals surface area (Å²) in [6, 6.07) is 0. The molecule has 124 valence electrons. The molecule has 1 saturated heterocycles. The van der Waals surface area contributed by atoms with E-state index in [0.29, 0.717) is 25.0 Å². The van der Waals surface area contributed by atoms with Crippen LogP contribution in [0.15, 0.2) is 0 Å². The normalized spacial score (nSPS) is 23.2. The number of hydrogen-bond donors (Lipinski definition) is 1. The molecule has 5 nitrogen and oxygen atoms in total. The molecule has 1 aliphatic carbocycles. The van der Waals surface area contributed by atoms with Gasteiger partial charge in [0.1, 0.15) is 0 Å². The quantitative estimate of drug-likeness (QED) is 0.729. The van der Waals surface area contributed by atoms with Gasteiger partial charge in [-0.2, -0.15) is 17.0 Å². The highest BCUT2D eigenvalue weighted by atomic mass is 32.2. The van der Waals surface area contributed by atoms with Crippen LogP contribution in [0.3, 0.4) is 0 Å². The predicted molar refractivity (Wildman–Crippen MR) is 86.4 cm³/mol. The van der Waals surface area contributed by atoms with Crippen molar-refractivity contribution in [3.63, 3.8) is 0 Å². The van der Waals surface area contributed by atoms with Crippen LogP contribution in [-0.2, 0) is 10.2 Å². The van der Waals surface area contributed by atoms with Crippen LogP contribution in [0.5, 0.6) is 0 Å². The molecule has 0 radical (unpaired) electrons. The Labute approximate surface area is 130 Å². The van der Waals surface area contributed by atoms with E-state index in [1.54, 1.807) is 11.4 Å². The lowest BCUT2D eigenvalue weighted by atomic mass is 9.78. The summed E-state index contributed by atoms with van der Waals surface area (Å²) < 4.78 is 28.4. The van der Waals surface area contributed by atoms with E-state index in [1.165, 1.54) is 30.0 Å². The zero-order valence-corrected chi connectivity index (χ0v) is 14.4. The van der Waals surface area contributed by atoms with E-state index < -0.39 is 10.2 Å². The van der Waals surface area contributed by atoms with E-state index in [-0.39, 0.29) is 0 Å². The highest BCUT2D eigenvalue weighted by molar-refractivity contribution is 7.86. The summed E-state index contributed by atoms with van der Waals surface area (Å²) in [6.45, 7) is 5.88. The molecule has 1 aliphatic heterocycles. The maximum atomic E-state index is 12.6. The molecular formula is C15H31N3O2S. The molecule has 0 aromatic rings. The van der Waals surface area contributed by atoms with E-state index in [4.69, 9.17) is 0 Å². The van der Waals surface area contributed by atoms with Crippen molar-refractivity contribution >= 4 is 10.2 Å². The van der Waals surface area contributed by atoms with Crippen molar-refractivity contribution in [2.45, 2.75) is 51.9 Å². The minimum Gasteiger partial charge on any atom is -0.317 e. The molecule has 2 rings (SSSR count). The van der Waals surface area contributed by atoms with Gasteiger partial charge in [0.05, 0.1) is 0 Å². The smallest absolute Gasteiger partial charge is 0.281 e. The zero-order valence-electron chi connectivity index (χ0n) is 13.6. The van der Waals surface area contributed by atoms with Gasteiger partial charge in [-0.1, -0.05) is 19.8 Å². The Balaban J connectivity index is 1.82. The van der Waals surface area contributed by atoms with Crippen LogP contribution < -0.4 is 5.32 Å². The molecule has 1 spiro atoms. The van der Waals surface area contributed by atoms with Crippen LogP contribution in [0.25, 0.3) is 0 Å². The van der Waals surface area contributed by atoms with Crippen molar-refractivity contribution in [3.8, 4) is 0 Å². The van der Waals surface area contributed by atoms with Gasteiger partial charge in [0.15, 0.2) is 0 Å². The zero-order chi connectivity index (χ0) is 15.3. The first-order valence-electron chi connectivity index (χ1n) is 8.42. The van der Waals surface area contributed by atoms with Crippen molar-refractivity contribution in [2.24, 2.45) is 5.41 Å². The van der Waals surface area contributed by atoms with E-state index in [2.05, 4.69) is 12.2 Å². The summed E-state index contributed by atoms with van der Waals surface area (Å²) in [5, 5.41) is 3.23. The number of piperidine rings is 1. The highest BCUT2D eigenvalue weighted by Crippen LogP contribution is 2.46. The summed E-state index contributed by atoms with van der Waals surface area (Å²) in [7, 11) is -1.55. The molecule has 6 heteroatoms. The first-order valence-corrected chi connectivity index (χ1v) is 9.82. The number of nitrogens with zero attached hydrogens (tertiary/aromatic N) is 2. The van der Waals surface area contributed by atoms with Crippen molar-refractivity contribution in [1.29, 1.82) is 0 Å². The van der Waals surface area contributed by atoms with Gasteiger partial charge >= 0.3 is 0 Å². The summed E-state index contributed by atoms with van der Waals surface area (Å²) in [6.07, 6.45) is 8.24. The summed E-state index contributed by atoms with van der Waals surface area (Å²) in [5.74, 6) is 0. The SMILES string of the molecule is CCNCCCN(C)S(=O)(=O)N1CCC2(CCCC2)CC1.